The number of esters is 1. The molecular formula is C33H43N3O4. The molecule has 0 saturated heterocycles. The minimum atomic E-state index is -0.975. The van der Waals surface area contributed by atoms with Crippen LogP contribution >= 0.6 is 0 Å². The highest BCUT2D eigenvalue weighted by atomic mass is 16.6. The van der Waals surface area contributed by atoms with Crippen molar-refractivity contribution in [2.24, 2.45) is 11.8 Å². The molecule has 6 rings (SSSR count). The molecule has 0 amide bonds. The van der Waals surface area contributed by atoms with Gasteiger partial charge in [0, 0.05) is 32.4 Å². The highest BCUT2D eigenvalue weighted by molar-refractivity contribution is 5.81. The molecule has 3 atom stereocenters. The molecule has 2 aromatic carbocycles. The summed E-state index contributed by atoms with van der Waals surface area (Å²) in [6.45, 7) is 5.36. The molecule has 0 unspecified atom stereocenters. The fourth-order valence-electron chi connectivity index (χ4n) is 6.33. The van der Waals surface area contributed by atoms with Crippen LogP contribution in [-0.4, -0.2) is 66.4 Å². The molecule has 214 valence electrons. The highest BCUT2D eigenvalue weighted by Gasteiger charge is 2.51. The van der Waals surface area contributed by atoms with Gasteiger partial charge in [0.1, 0.15) is 22.7 Å². The minimum absolute atomic E-state index is 0.197. The van der Waals surface area contributed by atoms with Crippen LogP contribution in [-0.2, 0) is 20.7 Å². The number of hydrogen-bond acceptors (Lipinski definition) is 6. The van der Waals surface area contributed by atoms with E-state index in [2.05, 4.69) is 53.3 Å². The van der Waals surface area contributed by atoms with Crippen LogP contribution in [0.1, 0.15) is 57.3 Å². The number of H-pyrrole nitrogens is 1. The minimum Gasteiger partial charge on any atom is -0.494 e. The van der Waals surface area contributed by atoms with Crippen molar-refractivity contribution in [3.63, 3.8) is 0 Å². The molecule has 3 aromatic rings. The summed E-state index contributed by atoms with van der Waals surface area (Å²) in [4.78, 5) is 23.8. The molecule has 3 aliphatic rings. The van der Waals surface area contributed by atoms with E-state index in [0.29, 0.717) is 5.92 Å². The topological polar surface area (TPSA) is 76.7 Å². The van der Waals surface area contributed by atoms with Crippen molar-refractivity contribution in [3.8, 4) is 5.75 Å². The van der Waals surface area contributed by atoms with E-state index in [-0.39, 0.29) is 11.9 Å². The zero-order chi connectivity index (χ0) is 28.3. The first-order valence-electron chi connectivity index (χ1n) is 14.5. The first kappa shape index (κ1) is 28.4. The number of allylic oxidation sites excluding steroid dienone is 1. The van der Waals surface area contributed by atoms with Gasteiger partial charge in [-0.05, 0) is 82.3 Å². The Morgan fingerprint density at radius 2 is 1.90 bits per heavy atom. The number of para-hydroxylation sites is 1. The summed E-state index contributed by atoms with van der Waals surface area (Å²) in [6.07, 6.45) is 8.08. The van der Waals surface area contributed by atoms with Crippen molar-refractivity contribution in [2.45, 2.75) is 63.6 Å². The average Bonchev–Trinajstić information content (AvgIpc) is 3.40. The number of carbonyl (C=O) groups is 1. The Morgan fingerprint density at radius 3 is 2.60 bits per heavy atom. The molecule has 1 heterocycles. The lowest BCUT2D eigenvalue weighted by Crippen LogP contribution is -2.53. The number of methoxy groups -OCH3 is 2. The third kappa shape index (κ3) is 5.81. The summed E-state index contributed by atoms with van der Waals surface area (Å²) in [6, 6.07) is 16.6. The van der Waals surface area contributed by atoms with Crippen molar-refractivity contribution < 1.29 is 19.0 Å². The molecule has 7 nitrogen and oxygen atoms in total. The molecule has 1 saturated carbocycles. The number of ether oxygens (including phenoxy) is 3. The van der Waals surface area contributed by atoms with Crippen LogP contribution in [0.2, 0.25) is 0 Å². The van der Waals surface area contributed by atoms with Gasteiger partial charge >= 0.3 is 5.97 Å². The van der Waals surface area contributed by atoms with E-state index in [4.69, 9.17) is 19.2 Å². The number of rotatable bonds is 12. The van der Waals surface area contributed by atoms with Gasteiger partial charge in [-0.25, -0.2) is 9.78 Å². The van der Waals surface area contributed by atoms with Crippen molar-refractivity contribution in [2.75, 3.05) is 34.4 Å². The van der Waals surface area contributed by atoms with E-state index in [1.807, 2.05) is 18.2 Å². The van der Waals surface area contributed by atoms with Gasteiger partial charge in [0.15, 0.2) is 5.60 Å². The first-order chi connectivity index (χ1) is 19.2. The number of imidazole rings is 1. The Balaban J connectivity index is 1.26. The molecule has 3 aliphatic carbocycles. The summed E-state index contributed by atoms with van der Waals surface area (Å²) in [5.74, 6) is 2.08. The highest BCUT2D eigenvalue weighted by Crippen LogP contribution is 2.53. The van der Waals surface area contributed by atoms with Gasteiger partial charge in [-0.15, -0.1) is 0 Å². The second-order valence-electron chi connectivity index (χ2n) is 11.9. The Bertz CT molecular complexity index is 1350. The smallest absolute Gasteiger partial charge is 0.338 e. The lowest BCUT2D eigenvalue weighted by molar-refractivity contribution is -0.192. The predicted molar refractivity (Wildman–Crippen MR) is 158 cm³/mol. The fraction of sp³-hybridized carbons (Fsp3) is 0.515. The Kier molecular flexibility index (Phi) is 8.34. The number of carbonyl (C=O) groups excluding carboxylic acids is 1. The van der Waals surface area contributed by atoms with Crippen LogP contribution in [0.5, 0.6) is 5.75 Å². The van der Waals surface area contributed by atoms with Gasteiger partial charge < -0.3 is 24.1 Å². The number of hydrogen-bond donors (Lipinski definition) is 1. The third-order valence-electron chi connectivity index (χ3n) is 8.93. The molecule has 0 radical (unpaired) electrons. The van der Waals surface area contributed by atoms with E-state index in [1.165, 1.54) is 11.1 Å². The quantitative estimate of drug-likeness (QED) is 0.279. The predicted octanol–water partition coefficient (Wildman–Crippen LogP) is 6.05. The zero-order valence-corrected chi connectivity index (χ0v) is 24.5. The SMILES string of the molecule is COc1cccc2[nH]c(CCCN(C)CC[C@]3(OC(=O)C(C)(C)OC)C[C@H]4CC[C@H]3C=C4c3ccccc3)nc12. The van der Waals surface area contributed by atoms with Crippen LogP contribution in [0.15, 0.2) is 54.6 Å². The molecule has 1 fully saturated rings. The lowest BCUT2D eigenvalue weighted by atomic mass is 9.60. The van der Waals surface area contributed by atoms with Gasteiger partial charge in [-0.3, -0.25) is 0 Å². The number of nitrogens with zero attached hydrogens (tertiary/aromatic N) is 2. The van der Waals surface area contributed by atoms with Crippen LogP contribution in [0.3, 0.4) is 0 Å². The number of benzene rings is 2. The van der Waals surface area contributed by atoms with Crippen molar-refractivity contribution in [1.82, 2.24) is 14.9 Å². The summed E-state index contributed by atoms with van der Waals surface area (Å²) in [7, 11) is 5.40. The van der Waals surface area contributed by atoms with Crippen LogP contribution in [0.25, 0.3) is 16.6 Å². The lowest BCUT2D eigenvalue weighted by Gasteiger charge is -2.51. The second-order valence-corrected chi connectivity index (χ2v) is 11.9. The molecule has 0 spiro atoms. The van der Waals surface area contributed by atoms with E-state index < -0.39 is 11.2 Å². The second kappa shape index (κ2) is 11.8. The maximum Gasteiger partial charge on any atom is 0.338 e. The largest absolute Gasteiger partial charge is 0.494 e. The van der Waals surface area contributed by atoms with Crippen molar-refractivity contribution >= 4 is 22.6 Å². The molecule has 7 heteroatoms. The van der Waals surface area contributed by atoms with Crippen LogP contribution in [0.4, 0.5) is 0 Å². The number of aryl methyl sites for hydroxylation is 1. The molecular weight excluding hydrogens is 502 g/mol. The molecule has 1 N–H and O–H groups in total. The average molecular weight is 546 g/mol. The Morgan fingerprint density at radius 1 is 1.10 bits per heavy atom. The summed E-state index contributed by atoms with van der Waals surface area (Å²) >= 11 is 0. The van der Waals surface area contributed by atoms with Gasteiger partial charge in [0.05, 0.1) is 12.6 Å². The maximum absolute atomic E-state index is 13.3. The maximum atomic E-state index is 13.3. The van der Waals surface area contributed by atoms with Crippen LogP contribution in [0, 0.1) is 11.8 Å². The van der Waals surface area contributed by atoms with Gasteiger partial charge in [-0.2, -0.15) is 0 Å². The Labute approximate surface area is 237 Å². The summed E-state index contributed by atoms with van der Waals surface area (Å²) in [5, 5.41) is 0. The normalized spacial score (nSPS) is 22.5. The number of nitrogens with one attached hydrogen (secondary N) is 1. The Hall–Kier alpha value is -3.16. The third-order valence-corrected chi connectivity index (χ3v) is 8.93. The van der Waals surface area contributed by atoms with Gasteiger partial charge in [-0.1, -0.05) is 42.5 Å². The van der Waals surface area contributed by atoms with Crippen LogP contribution < -0.4 is 4.74 Å². The van der Waals surface area contributed by atoms with Gasteiger partial charge in [0.2, 0.25) is 0 Å². The first-order valence-corrected chi connectivity index (χ1v) is 14.5. The van der Waals surface area contributed by atoms with E-state index in [9.17, 15) is 4.79 Å². The van der Waals surface area contributed by atoms with E-state index in [1.54, 1.807) is 28.1 Å². The van der Waals surface area contributed by atoms with Gasteiger partial charge in [0.25, 0.3) is 0 Å². The number of fused-ring (bicyclic) bond motifs is 3. The molecule has 2 bridgehead atoms. The molecule has 40 heavy (non-hydrogen) atoms. The van der Waals surface area contributed by atoms with Crippen molar-refractivity contribution in [3.05, 3.63) is 66.0 Å². The molecule has 1 aromatic heterocycles. The number of aromatic amines is 1. The fourth-order valence-corrected chi connectivity index (χ4v) is 6.33. The standard InChI is InChI=1S/C33H43N3O4/c1-32(2,39-5)31(37)40-33(22-24-16-17-25(33)21-26(24)23-11-7-6-8-12-23)18-20-36(3)19-10-15-29-34-27-13-9-14-28(38-4)30(27)35-29/h6-9,11-14,21,24-25H,10,15-20,22H2,1-5H3,(H,34,35)/t24-,25+,33+/m1/s1. The van der Waals surface area contributed by atoms with E-state index >= 15 is 0 Å². The molecule has 0 aliphatic heterocycles. The van der Waals surface area contributed by atoms with Crippen molar-refractivity contribution in [1.29, 1.82) is 0 Å². The number of aromatic nitrogens is 2. The summed E-state index contributed by atoms with van der Waals surface area (Å²) in [5.41, 5.74) is 3.08. The van der Waals surface area contributed by atoms with E-state index in [0.717, 1.165) is 74.2 Å². The zero-order valence-electron chi connectivity index (χ0n) is 24.5. The monoisotopic (exact) mass is 545 g/mol. The summed E-state index contributed by atoms with van der Waals surface area (Å²) < 4.78 is 17.4.